The van der Waals surface area contributed by atoms with Crippen molar-refractivity contribution in [2.75, 3.05) is 19.8 Å². The standard InChI is InChI=1S/C9H14O8/c10-1-4(12)3-16-5(2-11)8-6(13)7(14)9(15)17-8/h4-5,8,10-14H,1-3H2/t4?,5-,8+/m0/s1. The van der Waals surface area contributed by atoms with Crippen LogP contribution in [0.4, 0.5) is 0 Å². The van der Waals surface area contributed by atoms with E-state index in [0.717, 1.165) is 0 Å². The van der Waals surface area contributed by atoms with Gasteiger partial charge in [0.25, 0.3) is 0 Å². The molecular formula is C9H14O8. The first-order valence-electron chi connectivity index (χ1n) is 4.85. The SMILES string of the molecule is O=C1O[C@H]([C@H](CO)OCC(O)CO)C(O)=C1O. The van der Waals surface area contributed by atoms with E-state index in [2.05, 4.69) is 4.74 Å². The van der Waals surface area contributed by atoms with E-state index in [-0.39, 0.29) is 6.61 Å². The number of hydrogen-bond donors (Lipinski definition) is 5. The Hall–Kier alpha value is -1.35. The summed E-state index contributed by atoms with van der Waals surface area (Å²) in [6, 6.07) is 0. The van der Waals surface area contributed by atoms with Crippen LogP contribution in [-0.4, -0.2) is 69.6 Å². The molecule has 0 saturated heterocycles. The lowest BCUT2D eigenvalue weighted by Crippen LogP contribution is -2.37. The fraction of sp³-hybridized carbons (Fsp3) is 0.667. The van der Waals surface area contributed by atoms with Crippen LogP contribution in [0.5, 0.6) is 0 Å². The van der Waals surface area contributed by atoms with Crippen LogP contribution in [0.3, 0.4) is 0 Å². The molecule has 3 atom stereocenters. The highest BCUT2D eigenvalue weighted by Gasteiger charge is 2.40. The smallest absolute Gasteiger partial charge is 0.377 e. The van der Waals surface area contributed by atoms with Gasteiger partial charge in [-0.25, -0.2) is 4.79 Å². The van der Waals surface area contributed by atoms with Crippen LogP contribution in [0, 0.1) is 0 Å². The Bertz CT molecular complexity index is 312. The molecule has 1 rings (SSSR count). The maximum Gasteiger partial charge on any atom is 0.377 e. The summed E-state index contributed by atoms with van der Waals surface area (Å²) < 4.78 is 9.52. The molecule has 8 nitrogen and oxygen atoms in total. The van der Waals surface area contributed by atoms with Gasteiger partial charge < -0.3 is 35.0 Å². The molecule has 8 heteroatoms. The molecule has 0 spiro atoms. The Morgan fingerprint density at radius 3 is 2.35 bits per heavy atom. The van der Waals surface area contributed by atoms with Crippen molar-refractivity contribution in [3.63, 3.8) is 0 Å². The largest absolute Gasteiger partial charge is 0.505 e. The second-order valence-electron chi connectivity index (χ2n) is 3.45. The molecule has 0 saturated carbocycles. The van der Waals surface area contributed by atoms with Crippen LogP contribution < -0.4 is 0 Å². The third kappa shape index (κ3) is 3.07. The van der Waals surface area contributed by atoms with Gasteiger partial charge in [0.05, 0.1) is 19.8 Å². The van der Waals surface area contributed by atoms with Crippen LogP contribution in [0.2, 0.25) is 0 Å². The molecule has 5 N–H and O–H groups in total. The normalized spacial score (nSPS) is 23.7. The predicted molar refractivity (Wildman–Crippen MR) is 52.1 cm³/mol. The van der Waals surface area contributed by atoms with Gasteiger partial charge in [0.15, 0.2) is 11.9 Å². The van der Waals surface area contributed by atoms with Gasteiger partial charge in [-0.3, -0.25) is 0 Å². The third-order valence-electron chi connectivity index (χ3n) is 2.17. The van der Waals surface area contributed by atoms with E-state index in [4.69, 9.17) is 25.2 Å². The molecular weight excluding hydrogens is 236 g/mol. The summed E-state index contributed by atoms with van der Waals surface area (Å²) in [5.74, 6) is -2.77. The fourth-order valence-corrected chi connectivity index (χ4v) is 1.24. The molecule has 1 heterocycles. The Morgan fingerprint density at radius 1 is 1.29 bits per heavy atom. The van der Waals surface area contributed by atoms with E-state index in [9.17, 15) is 9.90 Å². The number of carbonyl (C=O) groups excluding carboxylic acids is 1. The first kappa shape index (κ1) is 13.7. The molecule has 1 aliphatic heterocycles. The van der Waals surface area contributed by atoms with Gasteiger partial charge in [-0.1, -0.05) is 0 Å². The van der Waals surface area contributed by atoms with Gasteiger partial charge in [0, 0.05) is 0 Å². The van der Waals surface area contributed by atoms with E-state index >= 15 is 0 Å². The molecule has 0 aromatic rings. The second-order valence-corrected chi connectivity index (χ2v) is 3.45. The average Bonchev–Trinajstić information content (AvgIpc) is 2.58. The highest BCUT2D eigenvalue weighted by molar-refractivity contribution is 5.89. The highest BCUT2D eigenvalue weighted by atomic mass is 16.6. The molecule has 0 aromatic carbocycles. The van der Waals surface area contributed by atoms with Crippen molar-refractivity contribution in [3.05, 3.63) is 11.5 Å². The van der Waals surface area contributed by atoms with Crippen LogP contribution in [-0.2, 0) is 14.3 Å². The van der Waals surface area contributed by atoms with E-state index in [1.54, 1.807) is 0 Å². The monoisotopic (exact) mass is 250 g/mol. The zero-order valence-electron chi connectivity index (χ0n) is 8.81. The molecule has 1 unspecified atom stereocenters. The lowest BCUT2D eigenvalue weighted by Gasteiger charge is -2.21. The summed E-state index contributed by atoms with van der Waals surface area (Å²) in [7, 11) is 0. The number of rotatable bonds is 6. The Kier molecular flexibility index (Phi) is 4.70. The Labute approximate surface area is 96.3 Å². The van der Waals surface area contributed by atoms with Gasteiger partial charge in [0.1, 0.15) is 12.2 Å². The predicted octanol–water partition coefficient (Wildman–Crippen LogP) is -2.03. The molecule has 0 fully saturated rings. The fourth-order valence-electron chi connectivity index (χ4n) is 1.24. The summed E-state index contributed by atoms with van der Waals surface area (Å²) in [5, 5.41) is 44.9. The van der Waals surface area contributed by atoms with Gasteiger partial charge in [-0.05, 0) is 0 Å². The number of carbonyl (C=O) groups is 1. The minimum atomic E-state index is -1.32. The second kappa shape index (κ2) is 5.82. The Balaban J connectivity index is 2.60. The molecule has 0 amide bonds. The van der Waals surface area contributed by atoms with Gasteiger partial charge >= 0.3 is 5.97 Å². The summed E-state index contributed by atoms with van der Waals surface area (Å²) in [6.45, 7) is -1.45. The van der Waals surface area contributed by atoms with E-state index in [1.165, 1.54) is 0 Å². The van der Waals surface area contributed by atoms with Gasteiger partial charge in [-0.15, -0.1) is 0 Å². The van der Waals surface area contributed by atoms with E-state index < -0.39 is 49.0 Å². The third-order valence-corrected chi connectivity index (χ3v) is 2.17. The van der Waals surface area contributed by atoms with E-state index in [0.29, 0.717) is 0 Å². The van der Waals surface area contributed by atoms with Crippen molar-refractivity contribution in [1.29, 1.82) is 0 Å². The van der Waals surface area contributed by atoms with Gasteiger partial charge in [0.2, 0.25) is 5.76 Å². The maximum absolute atomic E-state index is 10.9. The van der Waals surface area contributed by atoms with Crippen LogP contribution in [0.15, 0.2) is 11.5 Å². The van der Waals surface area contributed by atoms with Crippen molar-refractivity contribution in [1.82, 2.24) is 0 Å². The lowest BCUT2D eigenvalue weighted by atomic mass is 10.2. The molecule has 0 bridgehead atoms. The number of hydrogen-bond acceptors (Lipinski definition) is 8. The molecule has 1 aliphatic rings. The number of aliphatic hydroxyl groups is 5. The summed E-state index contributed by atoms with van der Waals surface area (Å²) in [5.41, 5.74) is 0. The molecule has 0 aliphatic carbocycles. The number of cyclic esters (lactones) is 1. The van der Waals surface area contributed by atoms with Crippen molar-refractivity contribution >= 4 is 5.97 Å². The summed E-state index contributed by atoms with van der Waals surface area (Å²) >= 11 is 0. The average molecular weight is 250 g/mol. The Morgan fingerprint density at radius 2 is 1.94 bits per heavy atom. The summed E-state index contributed by atoms with van der Waals surface area (Å²) in [4.78, 5) is 10.9. The van der Waals surface area contributed by atoms with Crippen LogP contribution in [0.25, 0.3) is 0 Å². The quantitative estimate of drug-likeness (QED) is 0.340. The molecule has 17 heavy (non-hydrogen) atoms. The van der Waals surface area contributed by atoms with Crippen molar-refractivity contribution in [3.8, 4) is 0 Å². The summed E-state index contributed by atoms with van der Waals surface area (Å²) in [6.07, 6.45) is -3.61. The van der Waals surface area contributed by atoms with Crippen LogP contribution in [0.1, 0.15) is 0 Å². The zero-order valence-corrected chi connectivity index (χ0v) is 8.81. The lowest BCUT2D eigenvalue weighted by molar-refractivity contribution is -0.152. The van der Waals surface area contributed by atoms with Crippen molar-refractivity contribution in [2.45, 2.75) is 18.3 Å². The maximum atomic E-state index is 10.9. The van der Waals surface area contributed by atoms with Crippen LogP contribution >= 0.6 is 0 Å². The molecule has 0 radical (unpaired) electrons. The van der Waals surface area contributed by atoms with Crippen molar-refractivity contribution in [2.24, 2.45) is 0 Å². The van der Waals surface area contributed by atoms with Gasteiger partial charge in [-0.2, -0.15) is 0 Å². The van der Waals surface area contributed by atoms with E-state index in [1.807, 2.05) is 0 Å². The molecule has 98 valence electrons. The first-order chi connectivity index (χ1) is 8.01. The minimum absolute atomic E-state index is 0.316. The zero-order chi connectivity index (χ0) is 13.0. The topological polar surface area (TPSA) is 137 Å². The first-order valence-corrected chi connectivity index (χ1v) is 4.85. The number of ether oxygens (including phenoxy) is 2. The minimum Gasteiger partial charge on any atom is -0.505 e. The number of esters is 1. The highest BCUT2D eigenvalue weighted by Crippen LogP contribution is 2.22. The number of aliphatic hydroxyl groups excluding tert-OH is 5. The molecule has 0 aromatic heterocycles. The van der Waals surface area contributed by atoms with Crippen molar-refractivity contribution < 1.29 is 39.8 Å².